The second kappa shape index (κ2) is 2.67. The van der Waals surface area contributed by atoms with Crippen molar-refractivity contribution in [2.24, 2.45) is 5.92 Å². The van der Waals surface area contributed by atoms with Crippen LogP contribution in [0.3, 0.4) is 0 Å². The fourth-order valence-electron chi connectivity index (χ4n) is 1.42. The number of halogens is 2. The van der Waals surface area contributed by atoms with Crippen LogP contribution in [0.15, 0.2) is 0 Å². The van der Waals surface area contributed by atoms with E-state index in [0.29, 0.717) is 5.92 Å². The molecule has 0 saturated heterocycles. The molecule has 0 aromatic rings. The van der Waals surface area contributed by atoms with E-state index in [1.807, 2.05) is 0 Å². The Bertz CT molecular complexity index is 99.1. The van der Waals surface area contributed by atoms with Crippen LogP contribution in [0.4, 0.5) is 0 Å². The molecule has 0 aromatic heterocycles. The molecule has 1 unspecified atom stereocenters. The van der Waals surface area contributed by atoms with E-state index in [4.69, 9.17) is 23.2 Å². The highest BCUT2D eigenvalue weighted by Gasteiger charge is 2.29. The summed E-state index contributed by atoms with van der Waals surface area (Å²) in [5.41, 5.74) is 0. The fraction of sp³-hybridized carbons (Fsp3) is 1.00. The Labute approximate surface area is 66.5 Å². The third-order valence-corrected chi connectivity index (χ3v) is 2.57. The Balaban J connectivity index is 2.41. The summed E-state index contributed by atoms with van der Waals surface area (Å²) in [5, 5.41) is 0. The van der Waals surface area contributed by atoms with Crippen molar-refractivity contribution >= 4 is 23.2 Å². The highest BCUT2D eigenvalue weighted by atomic mass is 35.5. The van der Waals surface area contributed by atoms with E-state index in [9.17, 15) is 0 Å². The van der Waals surface area contributed by atoms with Crippen LogP contribution in [-0.2, 0) is 0 Å². The van der Waals surface area contributed by atoms with E-state index in [-0.39, 0.29) is 0 Å². The Hall–Kier alpha value is 0.580. The van der Waals surface area contributed by atoms with Crippen molar-refractivity contribution in [2.75, 3.05) is 0 Å². The maximum atomic E-state index is 5.93. The fourth-order valence-corrected chi connectivity index (χ4v) is 2.22. The molecule has 0 aromatic carbocycles. The predicted octanol–water partition coefficient (Wildman–Crippen LogP) is 3.37. The summed E-state index contributed by atoms with van der Waals surface area (Å²) in [6.45, 7) is 2.21. The van der Waals surface area contributed by atoms with E-state index < -0.39 is 4.33 Å². The van der Waals surface area contributed by atoms with E-state index in [1.54, 1.807) is 0 Å². The van der Waals surface area contributed by atoms with Crippen molar-refractivity contribution in [1.29, 1.82) is 0 Å². The van der Waals surface area contributed by atoms with Crippen LogP contribution in [0.1, 0.15) is 32.6 Å². The van der Waals surface area contributed by atoms with Crippen LogP contribution in [-0.4, -0.2) is 4.33 Å². The third kappa shape index (κ3) is 2.35. The van der Waals surface area contributed by atoms with Gasteiger partial charge in [0.2, 0.25) is 0 Å². The van der Waals surface area contributed by atoms with Gasteiger partial charge in [-0.2, -0.15) is 0 Å². The van der Waals surface area contributed by atoms with Crippen LogP contribution in [0.5, 0.6) is 0 Å². The normalized spacial score (nSPS) is 34.3. The van der Waals surface area contributed by atoms with E-state index in [1.165, 1.54) is 12.8 Å². The maximum absolute atomic E-state index is 5.93. The standard InChI is InChI=1S/C7H12Cl2/c1-6-3-2-4-7(8,9)5-6/h6H,2-5H2,1H3. The second-order valence-corrected chi connectivity index (χ2v) is 4.70. The lowest BCUT2D eigenvalue weighted by Crippen LogP contribution is -2.21. The molecule has 0 bridgehead atoms. The third-order valence-electron chi connectivity index (χ3n) is 1.89. The molecule has 0 N–H and O–H groups in total. The minimum Gasteiger partial charge on any atom is -0.102 e. The zero-order valence-electron chi connectivity index (χ0n) is 5.66. The molecule has 1 atom stereocenters. The van der Waals surface area contributed by atoms with Gasteiger partial charge in [0.15, 0.2) is 0 Å². The Morgan fingerprint density at radius 1 is 1.44 bits per heavy atom. The second-order valence-electron chi connectivity index (χ2n) is 3.06. The van der Waals surface area contributed by atoms with Gasteiger partial charge in [0.05, 0.1) is 0 Å². The highest BCUT2D eigenvalue weighted by molar-refractivity contribution is 6.48. The molecule has 0 aliphatic heterocycles. The number of rotatable bonds is 0. The van der Waals surface area contributed by atoms with Crippen LogP contribution < -0.4 is 0 Å². The molecule has 1 rings (SSSR count). The van der Waals surface area contributed by atoms with Gasteiger partial charge in [-0.25, -0.2) is 0 Å². The first-order chi connectivity index (χ1) is 4.10. The SMILES string of the molecule is CC1CCCC(Cl)(Cl)C1. The number of hydrogen-bond donors (Lipinski definition) is 0. The molecule has 1 aliphatic rings. The van der Waals surface area contributed by atoms with E-state index in [2.05, 4.69) is 6.92 Å². The molecule has 0 heterocycles. The summed E-state index contributed by atoms with van der Waals surface area (Å²) in [6.07, 6.45) is 4.42. The first-order valence-corrected chi connectivity index (χ1v) is 4.23. The summed E-state index contributed by atoms with van der Waals surface area (Å²) in [4.78, 5) is 0. The minimum absolute atomic E-state index is 0.405. The van der Waals surface area contributed by atoms with Crippen molar-refractivity contribution in [1.82, 2.24) is 0 Å². The number of hydrogen-bond acceptors (Lipinski definition) is 0. The van der Waals surface area contributed by atoms with Gasteiger partial charge in [-0.3, -0.25) is 0 Å². The lowest BCUT2D eigenvalue weighted by atomic mass is 9.90. The lowest BCUT2D eigenvalue weighted by molar-refractivity contribution is 0.368. The Morgan fingerprint density at radius 2 is 2.11 bits per heavy atom. The number of alkyl halides is 2. The molecule has 0 amide bonds. The molecule has 0 nitrogen and oxygen atoms in total. The Morgan fingerprint density at radius 3 is 2.44 bits per heavy atom. The lowest BCUT2D eigenvalue weighted by Gasteiger charge is -2.28. The molecular formula is C7H12Cl2. The van der Waals surface area contributed by atoms with E-state index in [0.717, 1.165) is 12.8 Å². The van der Waals surface area contributed by atoms with Crippen molar-refractivity contribution < 1.29 is 0 Å². The summed E-state index contributed by atoms with van der Waals surface area (Å²) >= 11 is 11.9. The molecule has 0 spiro atoms. The zero-order chi connectivity index (χ0) is 6.91. The molecule has 54 valence electrons. The van der Waals surface area contributed by atoms with Gasteiger partial charge in [0.25, 0.3) is 0 Å². The van der Waals surface area contributed by atoms with Gasteiger partial charge in [0.1, 0.15) is 4.33 Å². The van der Waals surface area contributed by atoms with Crippen LogP contribution in [0, 0.1) is 5.92 Å². The molecule has 1 fully saturated rings. The van der Waals surface area contributed by atoms with Gasteiger partial charge in [0, 0.05) is 0 Å². The summed E-state index contributed by atoms with van der Waals surface area (Å²) < 4.78 is -0.405. The van der Waals surface area contributed by atoms with Gasteiger partial charge >= 0.3 is 0 Å². The molecule has 2 heteroatoms. The van der Waals surface area contributed by atoms with E-state index >= 15 is 0 Å². The van der Waals surface area contributed by atoms with Gasteiger partial charge in [-0.15, -0.1) is 23.2 Å². The minimum atomic E-state index is -0.405. The van der Waals surface area contributed by atoms with Crippen LogP contribution in [0.2, 0.25) is 0 Å². The van der Waals surface area contributed by atoms with Gasteiger partial charge in [-0.05, 0) is 18.8 Å². The molecular weight excluding hydrogens is 155 g/mol. The largest absolute Gasteiger partial charge is 0.118 e. The highest BCUT2D eigenvalue weighted by Crippen LogP contribution is 2.40. The van der Waals surface area contributed by atoms with Gasteiger partial charge < -0.3 is 0 Å². The summed E-state index contributed by atoms with van der Waals surface area (Å²) in [6, 6.07) is 0. The van der Waals surface area contributed by atoms with Crippen molar-refractivity contribution in [2.45, 2.75) is 36.9 Å². The average molecular weight is 167 g/mol. The summed E-state index contributed by atoms with van der Waals surface area (Å²) in [5.74, 6) is 0.716. The maximum Gasteiger partial charge on any atom is 0.118 e. The monoisotopic (exact) mass is 166 g/mol. The Kier molecular flexibility index (Phi) is 2.28. The molecule has 9 heavy (non-hydrogen) atoms. The topological polar surface area (TPSA) is 0 Å². The molecule has 1 saturated carbocycles. The van der Waals surface area contributed by atoms with Crippen molar-refractivity contribution in [3.63, 3.8) is 0 Å². The van der Waals surface area contributed by atoms with Crippen LogP contribution >= 0.6 is 23.2 Å². The summed E-state index contributed by atoms with van der Waals surface area (Å²) in [7, 11) is 0. The quantitative estimate of drug-likeness (QED) is 0.485. The smallest absolute Gasteiger partial charge is 0.102 e. The average Bonchev–Trinajstić information content (AvgIpc) is 1.60. The predicted molar refractivity (Wildman–Crippen MR) is 42.1 cm³/mol. The van der Waals surface area contributed by atoms with Crippen molar-refractivity contribution in [3.05, 3.63) is 0 Å². The zero-order valence-corrected chi connectivity index (χ0v) is 7.17. The molecule has 0 radical (unpaired) electrons. The van der Waals surface area contributed by atoms with Crippen molar-refractivity contribution in [3.8, 4) is 0 Å². The first-order valence-electron chi connectivity index (χ1n) is 3.48. The van der Waals surface area contributed by atoms with Crippen LogP contribution in [0.25, 0.3) is 0 Å². The molecule has 1 aliphatic carbocycles. The van der Waals surface area contributed by atoms with Gasteiger partial charge in [-0.1, -0.05) is 19.8 Å². The first kappa shape index (κ1) is 7.68.